The lowest BCUT2D eigenvalue weighted by molar-refractivity contribution is 0.158. The fraction of sp³-hybridized carbons (Fsp3) is 0.448. The van der Waals surface area contributed by atoms with Crippen LogP contribution in [0.15, 0.2) is 41.2 Å². The molecule has 1 aliphatic carbocycles. The number of tetrazole rings is 1. The van der Waals surface area contributed by atoms with Crippen molar-refractivity contribution in [2.24, 2.45) is 0 Å². The molecule has 1 saturated carbocycles. The van der Waals surface area contributed by atoms with Crippen LogP contribution < -0.4 is 15.0 Å². The first-order chi connectivity index (χ1) is 18.5. The normalized spacial score (nSPS) is 16.1. The quantitative estimate of drug-likeness (QED) is 0.348. The van der Waals surface area contributed by atoms with Gasteiger partial charge in [-0.3, -0.25) is 9.69 Å². The summed E-state index contributed by atoms with van der Waals surface area (Å²) in [6, 6.07) is 12.6. The van der Waals surface area contributed by atoms with E-state index in [4.69, 9.17) is 9.47 Å². The van der Waals surface area contributed by atoms with Crippen LogP contribution in [0.1, 0.15) is 79.2 Å². The number of benzene rings is 2. The van der Waals surface area contributed by atoms with E-state index in [0.29, 0.717) is 19.1 Å². The number of fused-ring (bicyclic) bond motifs is 2. The average Bonchev–Trinajstić information content (AvgIpc) is 3.67. The molecule has 0 radical (unpaired) electrons. The molecule has 9 nitrogen and oxygen atoms in total. The second-order valence-corrected chi connectivity index (χ2v) is 10.6. The van der Waals surface area contributed by atoms with E-state index in [0.717, 1.165) is 64.2 Å². The Morgan fingerprint density at radius 1 is 1.08 bits per heavy atom. The molecule has 0 saturated heterocycles. The van der Waals surface area contributed by atoms with Crippen LogP contribution >= 0.6 is 0 Å². The van der Waals surface area contributed by atoms with Gasteiger partial charge in [-0.15, -0.1) is 5.10 Å². The minimum Gasteiger partial charge on any atom is -0.454 e. The lowest BCUT2D eigenvalue weighted by Gasteiger charge is -2.31. The van der Waals surface area contributed by atoms with Crippen LogP contribution in [-0.4, -0.2) is 36.9 Å². The molecule has 0 bridgehead atoms. The molecule has 198 valence electrons. The number of ether oxygens (including phenoxy) is 2. The van der Waals surface area contributed by atoms with Crippen molar-refractivity contribution in [1.82, 2.24) is 30.1 Å². The molecule has 4 aromatic rings. The van der Waals surface area contributed by atoms with Gasteiger partial charge in [0.1, 0.15) is 0 Å². The van der Waals surface area contributed by atoms with Gasteiger partial charge in [0.2, 0.25) is 6.79 Å². The van der Waals surface area contributed by atoms with Crippen molar-refractivity contribution < 1.29 is 9.47 Å². The molecule has 1 N–H and O–H groups in total. The maximum atomic E-state index is 13.3. The molecular formula is C29H34N6O3. The van der Waals surface area contributed by atoms with Gasteiger partial charge in [0.25, 0.3) is 5.56 Å². The fourth-order valence-electron chi connectivity index (χ4n) is 6.05. The van der Waals surface area contributed by atoms with E-state index in [1.165, 1.54) is 18.4 Å². The smallest absolute Gasteiger partial charge is 0.252 e. The van der Waals surface area contributed by atoms with E-state index in [1.54, 1.807) is 0 Å². The van der Waals surface area contributed by atoms with E-state index < -0.39 is 0 Å². The van der Waals surface area contributed by atoms with E-state index in [9.17, 15) is 4.79 Å². The number of aromatic nitrogens is 5. The third kappa shape index (κ3) is 4.67. The topological polar surface area (TPSA) is 98.2 Å². The number of aryl methyl sites for hydroxylation is 2. The van der Waals surface area contributed by atoms with Crippen LogP contribution in [0.4, 0.5) is 0 Å². The summed E-state index contributed by atoms with van der Waals surface area (Å²) in [4.78, 5) is 18.8. The molecule has 0 amide bonds. The molecular weight excluding hydrogens is 480 g/mol. The molecule has 0 spiro atoms. The Bertz CT molecular complexity index is 1520. The van der Waals surface area contributed by atoms with Gasteiger partial charge in [-0.1, -0.05) is 37.5 Å². The standard InChI is InChI=1S/C29H34N6O3/c1-4-24(28-31-32-33-35(28)23-7-5-6-8-23)34(15-20-9-10-25-26(13-20)38-17-37-25)16-22-14-21-12-18(2)11-19(3)27(21)30-29(22)36/h9-14,23-24H,4-8,15-17H2,1-3H3,(H,30,36). The number of aromatic amines is 1. The second kappa shape index (κ2) is 10.2. The van der Waals surface area contributed by atoms with Gasteiger partial charge >= 0.3 is 0 Å². The molecule has 2 aliphatic rings. The van der Waals surface area contributed by atoms with E-state index in [2.05, 4.69) is 57.5 Å². The largest absolute Gasteiger partial charge is 0.454 e. The molecule has 2 aromatic carbocycles. The summed E-state index contributed by atoms with van der Waals surface area (Å²) in [7, 11) is 0. The van der Waals surface area contributed by atoms with Gasteiger partial charge in [-0.25, -0.2) is 4.68 Å². The molecule has 1 unspecified atom stereocenters. The van der Waals surface area contributed by atoms with Crippen molar-refractivity contribution in [1.29, 1.82) is 0 Å². The van der Waals surface area contributed by atoms with Crippen molar-refractivity contribution in [2.75, 3.05) is 6.79 Å². The van der Waals surface area contributed by atoms with Crippen LogP contribution in [-0.2, 0) is 13.1 Å². The predicted octanol–water partition coefficient (Wildman–Crippen LogP) is 5.13. The van der Waals surface area contributed by atoms with Crippen LogP contribution in [0.25, 0.3) is 10.9 Å². The summed E-state index contributed by atoms with van der Waals surface area (Å²) in [6.45, 7) is 7.58. The molecule has 1 fully saturated rings. The lowest BCUT2D eigenvalue weighted by atomic mass is 10.0. The minimum absolute atomic E-state index is 0.0645. The zero-order valence-corrected chi connectivity index (χ0v) is 22.2. The van der Waals surface area contributed by atoms with Crippen molar-refractivity contribution >= 4 is 10.9 Å². The summed E-state index contributed by atoms with van der Waals surface area (Å²) in [5.74, 6) is 2.37. The van der Waals surface area contributed by atoms with Gasteiger partial charge in [0.15, 0.2) is 17.3 Å². The summed E-state index contributed by atoms with van der Waals surface area (Å²) in [6.07, 6.45) is 5.40. The highest BCUT2D eigenvalue weighted by molar-refractivity contribution is 5.82. The highest BCUT2D eigenvalue weighted by Crippen LogP contribution is 2.36. The molecule has 38 heavy (non-hydrogen) atoms. The Hall–Kier alpha value is -3.72. The number of hydrogen-bond donors (Lipinski definition) is 1. The molecule has 3 heterocycles. The van der Waals surface area contributed by atoms with Crippen molar-refractivity contribution in [3.05, 3.63) is 74.8 Å². The zero-order valence-electron chi connectivity index (χ0n) is 22.2. The third-order valence-corrected chi connectivity index (χ3v) is 7.88. The first-order valence-electron chi connectivity index (χ1n) is 13.5. The molecule has 1 atom stereocenters. The lowest BCUT2D eigenvalue weighted by Crippen LogP contribution is -2.32. The average molecular weight is 515 g/mol. The Morgan fingerprint density at radius 3 is 2.71 bits per heavy atom. The molecule has 2 aromatic heterocycles. The predicted molar refractivity (Wildman–Crippen MR) is 144 cm³/mol. The van der Waals surface area contributed by atoms with Crippen LogP contribution in [0.3, 0.4) is 0 Å². The maximum Gasteiger partial charge on any atom is 0.252 e. The molecule has 9 heteroatoms. The Balaban J connectivity index is 1.40. The van der Waals surface area contributed by atoms with Gasteiger partial charge in [-0.2, -0.15) is 0 Å². The number of nitrogens with zero attached hydrogens (tertiary/aromatic N) is 5. The number of rotatable bonds is 8. The number of H-pyrrole nitrogens is 1. The SMILES string of the molecule is CCC(c1nnnn1C1CCCC1)N(Cc1ccc2c(c1)OCO2)Cc1cc2cc(C)cc(C)c2[nH]c1=O. The van der Waals surface area contributed by atoms with E-state index in [-0.39, 0.29) is 18.4 Å². The zero-order chi connectivity index (χ0) is 26.2. The first-order valence-corrected chi connectivity index (χ1v) is 13.5. The van der Waals surface area contributed by atoms with Gasteiger partial charge in [-0.05, 0) is 84.3 Å². The van der Waals surface area contributed by atoms with Crippen molar-refractivity contribution in [3.8, 4) is 11.5 Å². The van der Waals surface area contributed by atoms with Gasteiger partial charge < -0.3 is 14.5 Å². The monoisotopic (exact) mass is 514 g/mol. The van der Waals surface area contributed by atoms with Gasteiger partial charge in [0.05, 0.1) is 17.6 Å². The highest BCUT2D eigenvalue weighted by atomic mass is 16.7. The summed E-state index contributed by atoms with van der Waals surface area (Å²) in [5, 5.41) is 14.1. The number of nitrogens with one attached hydrogen (secondary N) is 1. The summed E-state index contributed by atoms with van der Waals surface area (Å²) < 4.78 is 13.2. The Morgan fingerprint density at radius 2 is 1.89 bits per heavy atom. The summed E-state index contributed by atoms with van der Waals surface area (Å²) in [5.41, 5.74) is 4.88. The Labute approximate surface area is 221 Å². The maximum absolute atomic E-state index is 13.3. The molecule has 6 rings (SSSR count). The van der Waals surface area contributed by atoms with Crippen LogP contribution in [0, 0.1) is 13.8 Å². The Kier molecular flexibility index (Phi) is 6.61. The minimum atomic E-state index is -0.0645. The van der Waals surface area contributed by atoms with Crippen LogP contribution in [0.5, 0.6) is 11.5 Å². The van der Waals surface area contributed by atoms with Crippen molar-refractivity contribution in [2.45, 2.75) is 78.0 Å². The third-order valence-electron chi connectivity index (χ3n) is 7.88. The first kappa shape index (κ1) is 24.6. The van der Waals surface area contributed by atoms with Crippen molar-refractivity contribution in [3.63, 3.8) is 0 Å². The second-order valence-electron chi connectivity index (χ2n) is 10.6. The van der Waals surface area contributed by atoms with E-state index >= 15 is 0 Å². The van der Waals surface area contributed by atoms with Crippen LogP contribution in [0.2, 0.25) is 0 Å². The number of hydrogen-bond acceptors (Lipinski definition) is 7. The fourth-order valence-corrected chi connectivity index (χ4v) is 6.05. The number of pyridine rings is 1. The summed E-state index contributed by atoms with van der Waals surface area (Å²) >= 11 is 0. The molecule has 1 aliphatic heterocycles. The highest BCUT2D eigenvalue weighted by Gasteiger charge is 2.30. The van der Waals surface area contributed by atoms with E-state index in [1.807, 2.05) is 29.8 Å². The van der Waals surface area contributed by atoms with Gasteiger partial charge in [0, 0.05) is 18.7 Å².